The van der Waals surface area contributed by atoms with E-state index in [1.807, 2.05) is 45.0 Å². The Hall–Kier alpha value is -4.26. The molecule has 2 aromatic rings. The number of carbonyl (C=O) groups excluding carboxylic acids is 4. The van der Waals surface area contributed by atoms with E-state index < -0.39 is 17.4 Å². The molecule has 0 spiro atoms. The number of hydrogen-bond donors (Lipinski definition) is 2. The fourth-order valence-electron chi connectivity index (χ4n) is 5.15. The van der Waals surface area contributed by atoms with Crippen molar-refractivity contribution in [2.75, 3.05) is 26.9 Å². The summed E-state index contributed by atoms with van der Waals surface area (Å²) in [4.78, 5) is 52.0. The summed E-state index contributed by atoms with van der Waals surface area (Å²) < 4.78 is 6.15. The van der Waals surface area contributed by atoms with E-state index in [1.54, 1.807) is 14.0 Å². The lowest BCUT2D eigenvalue weighted by atomic mass is 9.63. The van der Waals surface area contributed by atoms with Crippen LogP contribution in [0.1, 0.15) is 72.7 Å². The fourth-order valence-corrected chi connectivity index (χ4v) is 5.15. The summed E-state index contributed by atoms with van der Waals surface area (Å²) in [6, 6.07) is 7.19. The van der Waals surface area contributed by atoms with Gasteiger partial charge in [-0.2, -0.15) is 0 Å². The first kappa shape index (κ1) is 36.2. The number of benzene rings is 1. The molecule has 1 unspecified atom stereocenters. The molecule has 1 aromatic carbocycles. The lowest BCUT2D eigenvalue weighted by Gasteiger charge is -2.46. The quantitative estimate of drug-likeness (QED) is 0.278. The molecule has 0 fully saturated rings. The van der Waals surface area contributed by atoms with Crippen LogP contribution in [0.2, 0.25) is 0 Å². The van der Waals surface area contributed by atoms with Crippen LogP contribution in [0.3, 0.4) is 0 Å². The number of carbonyl (C=O) groups is 4. The second kappa shape index (κ2) is 14.9. The lowest BCUT2D eigenvalue weighted by molar-refractivity contribution is -0.138. The second-order valence-corrected chi connectivity index (χ2v) is 13.8. The molecule has 1 aliphatic heterocycles. The maximum atomic E-state index is 13.0. The highest BCUT2D eigenvalue weighted by atomic mass is 16.5. The van der Waals surface area contributed by atoms with Gasteiger partial charge in [-0.15, -0.1) is 20.4 Å². The van der Waals surface area contributed by atoms with E-state index in [2.05, 4.69) is 58.7 Å². The summed E-state index contributed by atoms with van der Waals surface area (Å²) in [6.45, 7) is 17.1. The predicted molar refractivity (Wildman–Crippen MR) is 173 cm³/mol. The van der Waals surface area contributed by atoms with E-state index >= 15 is 0 Å². The van der Waals surface area contributed by atoms with Gasteiger partial charge in [0.05, 0.1) is 19.1 Å². The third-order valence-corrected chi connectivity index (χ3v) is 8.67. The van der Waals surface area contributed by atoms with Gasteiger partial charge in [-0.1, -0.05) is 58.9 Å². The molecule has 0 aliphatic carbocycles. The minimum Gasteiger partial charge on any atom is -0.380 e. The predicted octanol–water partition coefficient (Wildman–Crippen LogP) is 3.65. The van der Waals surface area contributed by atoms with Gasteiger partial charge in [0.1, 0.15) is 6.67 Å². The zero-order valence-electron chi connectivity index (χ0n) is 28.5. The largest absolute Gasteiger partial charge is 0.380 e. The first-order valence-electron chi connectivity index (χ1n) is 15.5. The minimum atomic E-state index is -0.603. The Balaban J connectivity index is 1.47. The van der Waals surface area contributed by atoms with Gasteiger partial charge in [0.25, 0.3) is 11.8 Å². The van der Waals surface area contributed by atoms with Gasteiger partial charge in [0, 0.05) is 36.8 Å². The van der Waals surface area contributed by atoms with Crippen molar-refractivity contribution in [2.45, 2.75) is 80.3 Å². The second-order valence-electron chi connectivity index (χ2n) is 13.8. The maximum Gasteiger partial charge on any atom is 0.318 e. The molecule has 13 nitrogen and oxygen atoms in total. The van der Waals surface area contributed by atoms with Crippen LogP contribution in [-0.2, 0) is 25.7 Å². The molecule has 1 atom stereocenters. The van der Waals surface area contributed by atoms with E-state index in [0.29, 0.717) is 44.2 Å². The van der Waals surface area contributed by atoms with Crippen LogP contribution < -0.4 is 10.6 Å². The molecule has 0 saturated carbocycles. The molecule has 3 rings (SSSR count). The van der Waals surface area contributed by atoms with E-state index in [-0.39, 0.29) is 35.4 Å². The number of aryl methyl sites for hydroxylation is 1. The summed E-state index contributed by atoms with van der Waals surface area (Å²) in [6.07, 6.45) is 3.65. The van der Waals surface area contributed by atoms with Crippen molar-refractivity contribution in [2.24, 2.45) is 16.7 Å². The Morgan fingerprint density at radius 1 is 0.935 bits per heavy atom. The van der Waals surface area contributed by atoms with Crippen LogP contribution in [0.5, 0.6) is 0 Å². The lowest BCUT2D eigenvalue weighted by Crippen LogP contribution is -2.54. The Labute approximate surface area is 271 Å². The van der Waals surface area contributed by atoms with E-state index in [4.69, 9.17) is 4.74 Å². The molecule has 0 radical (unpaired) electrons. The summed E-state index contributed by atoms with van der Waals surface area (Å²) in [7, 11) is 1.54. The first-order valence-corrected chi connectivity index (χ1v) is 15.5. The monoisotopic (exact) mass is 636 g/mol. The molecule has 2 heterocycles. The van der Waals surface area contributed by atoms with Crippen LogP contribution in [0.4, 0.5) is 4.79 Å². The molecule has 46 heavy (non-hydrogen) atoms. The summed E-state index contributed by atoms with van der Waals surface area (Å²) in [5, 5.41) is 22.0. The molecule has 1 aliphatic rings. The Morgan fingerprint density at radius 2 is 1.52 bits per heavy atom. The average Bonchev–Trinajstić information content (AvgIpc) is 3.30. The smallest absolute Gasteiger partial charge is 0.318 e. The Bertz CT molecular complexity index is 1400. The zero-order chi connectivity index (χ0) is 34.3. The van der Waals surface area contributed by atoms with Crippen molar-refractivity contribution in [1.82, 2.24) is 40.8 Å². The standard InChI is InChI=1S/C33H48N8O5/c1-10-24(29(44)34-17-23-11-13-25(14-12-23)28-38-36-22(2)37-39-28)18-46-20-32(5,6)31(3,4)19-33(7,8)35-30(45)40(9)21-41-26(42)15-16-27(41)43/h11-16,24H,10,17-21H2,1-9H3,(H,34,44)(H,35,45). The third kappa shape index (κ3) is 9.62. The number of aromatic nitrogens is 4. The number of urea groups is 1. The van der Waals surface area contributed by atoms with Gasteiger partial charge in [-0.25, -0.2) is 4.79 Å². The van der Waals surface area contributed by atoms with Gasteiger partial charge >= 0.3 is 6.03 Å². The van der Waals surface area contributed by atoms with Crippen molar-refractivity contribution >= 4 is 23.8 Å². The SMILES string of the molecule is CCC(COCC(C)(C)C(C)(C)CC(C)(C)NC(=O)N(C)CN1C(=O)C=CC1=O)C(=O)NCc1ccc(-c2nnc(C)nn2)cc1. The number of nitrogens with one attached hydrogen (secondary N) is 2. The van der Waals surface area contributed by atoms with Crippen LogP contribution in [0.15, 0.2) is 36.4 Å². The number of imide groups is 1. The summed E-state index contributed by atoms with van der Waals surface area (Å²) in [5.41, 5.74) is 0.556. The number of nitrogens with zero attached hydrogens (tertiary/aromatic N) is 6. The van der Waals surface area contributed by atoms with Crippen LogP contribution in [0, 0.1) is 23.7 Å². The van der Waals surface area contributed by atoms with Gasteiger partial charge < -0.3 is 20.3 Å². The van der Waals surface area contributed by atoms with E-state index in [0.717, 1.165) is 16.0 Å². The third-order valence-electron chi connectivity index (χ3n) is 8.67. The van der Waals surface area contributed by atoms with E-state index in [1.165, 1.54) is 17.1 Å². The number of hydrogen-bond acceptors (Lipinski definition) is 9. The van der Waals surface area contributed by atoms with E-state index in [9.17, 15) is 19.2 Å². The molecule has 0 saturated heterocycles. The maximum absolute atomic E-state index is 13.0. The van der Waals surface area contributed by atoms with Crippen molar-refractivity contribution < 1.29 is 23.9 Å². The van der Waals surface area contributed by atoms with Crippen LogP contribution >= 0.6 is 0 Å². The number of rotatable bonds is 15. The number of amides is 5. The molecule has 5 amide bonds. The highest BCUT2D eigenvalue weighted by molar-refractivity contribution is 6.12. The van der Waals surface area contributed by atoms with Crippen molar-refractivity contribution in [3.8, 4) is 11.4 Å². The van der Waals surface area contributed by atoms with Crippen LogP contribution in [-0.4, -0.2) is 86.4 Å². The fraction of sp³-hybridized carbons (Fsp3) is 0.576. The molecule has 13 heteroatoms. The molecule has 2 N–H and O–H groups in total. The number of ether oxygens (including phenoxy) is 1. The first-order chi connectivity index (χ1) is 21.4. The average molecular weight is 637 g/mol. The van der Waals surface area contributed by atoms with Gasteiger partial charge in [0.2, 0.25) is 11.7 Å². The Kier molecular flexibility index (Phi) is 11.7. The van der Waals surface area contributed by atoms with Gasteiger partial charge in [-0.05, 0) is 50.0 Å². The van der Waals surface area contributed by atoms with Crippen molar-refractivity contribution in [3.05, 3.63) is 47.8 Å². The highest BCUT2D eigenvalue weighted by Gasteiger charge is 2.42. The molecule has 1 aromatic heterocycles. The molecule has 0 bridgehead atoms. The van der Waals surface area contributed by atoms with Gasteiger partial charge in [-0.3, -0.25) is 19.3 Å². The van der Waals surface area contributed by atoms with Crippen LogP contribution in [0.25, 0.3) is 11.4 Å². The molecular weight excluding hydrogens is 588 g/mol. The zero-order valence-corrected chi connectivity index (χ0v) is 28.5. The highest BCUT2D eigenvalue weighted by Crippen LogP contribution is 2.44. The van der Waals surface area contributed by atoms with Crippen molar-refractivity contribution in [1.29, 1.82) is 0 Å². The summed E-state index contributed by atoms with van der Waals surface area (Å²) >= 11 is 0. The molecule has 250 valence electrons. The minimum absolute atomic E-state index is 0.0695. The summed E-state index contributed by atoms with van der Waals surface area (Å²) in [5.74, 6) is -0.297. The van der Waals surface area contributed by atoms with Crippen molar-refractivity contribution in [3.63, 3.8) is 0 Å². The Morgan fingerprint density at radius 3 is 2.09 bits per heavy atom. The normalized spacial score (nSPS) is 14.4. The van der Waals surface area contributed by atoms with Gasteiger partial charge in [0.15, 0.2) is 5.82 Å². The molecular formula is C33H48N8O5. The topological polar surface area (TPSA) is 160 Å².